The predicted molar refractivity (Wildman–Crippen MR) is 67.5 cm³/mol. The van der Waals surface area contributed by atoms with Crippen LogP contribution >= 0.6 is 0 Å². The van der Waals surface area contributed by atoms with Crippen molar-refractivity contribution in [3.8, 4) is 0 Å². The van der Waals surface area contributed by atoms with E-state index >= 15 is 0 Å². The molecule has 1 fully saturated rings. The number of ether oxygens (including phenoxy) is 1. The van der Waals surface area contributed by atoms with Crippen molar-refractivity contribution in [2.75, 3.05) is 19.8 Å². The third-order valence-electron chi connectivity index (χ3n) is 3.34. The molecule has 104 valence electrons. The van der Waals surface area contributed by atoms with E-state index in [0.29, 0.717) is 19.1 Å². The molecular formula is C12H23N3O3. The molecule has 1 aliphatic carbocycles. The molecule has 1 aliphatic rings. The Kier molecular flexibility index (Phi) is 6.07. The minimum Gasteiger partial charge on any atom is -0.370 e. The van der Waals surface area contributed by atoms with E-state index in [1.807, 2.05) is 0 Å². The standard InChI is InChI=1S/C12H23N3O3/c1-8-6-9(13)2-3-10(8)12(17)15-4-5-18-7-11(14)16/h8-10H,2-7,13H2,1H3,(H2,14,16)(H,15,17). The van der Waals surface area contributed by atoms with Crippen LogP contribution in [0.5, 0.6) is 0 Å². The zero-order chi connectivity index (χ0) is 13.5. The summed E-state index contributed by atoms with van der Waals surface area (Å²) in [7, 11) is 0. The Morgan fingerprint density at radius 2 is 2.11 bits per heavy atom. The van der Waals surface area contributed by atoms with Crippen molar-refractivity contribution in [1.29, 1.82) is 0 Å². The van der Waals surface area contributed by atoms with E-state index in [4.69, 9.17) is 16.2 Å². The molecule has 0 aromatic rings. The number of hydrogen-bond donors (Lipinski definition) is 3. The largest absolute Gasteiger partial charge is 0.370 e. The second-order valence-corrected chi connectivity index (χ2v) is 4.97. The minimum absolute atomic E-state index is 0.0425. The molecule has 0 saturated heterocycles. The second kappa shape index (κ2) is 7.33. The molecule has 0 aromatic carbocycles. The van der Waals surface area contributed by atoms with Gasteiger partial charge in [0.15, 0.2) is 0 Å². The first-order valence-electron chi connectivity index (χ1n) is 6.40. The Balaban J connectivity index is 2.18. The van der Waals surface area contributed by atoms with Gasteiger partial charge in [-0.05, 0) is 25.2 Å². The molecule has 6 heteroatoms. The summed E-state index contributed by atoms with van der Waals surface area (Å²) in [6.07, 6.45) is 2.65. The number of rotatable bonds is 6. The SMILES string of the molecule is CC1CC(N)CCC1C(=O)NCCOCC(N)=O. The van der Waals surface area contributed by atoms with Gasteiger partial charge in [-0.2, -0.15) is 0 Å². The number of nitrogens with one attached hydrogen (secondary N) is 1. The van der Waals surface area contributed by atoms with Gasteiger partial charge in [-0.25, -0.2) is 0 Å². The topological polar surface area (TPSA) is 107 Å². The van der Waals surface area contributed by atoms with Gasteiger partial charge >= 0.3 is 0 Å². The maximum Gasteiger partial charge on any atom is 0.243 e. The Morgan fingerprint density at radius 3 is 2.72 bits per heavy atom. The van der Waals surface area contributed by atoms with Gasteiger partial charge in [0.1, 0.15) is 6.61 Å². The Bertz CT molecular complexity index is 296. The van der Waals surface area contributed by atoms with Crippen molar-refractivity contribution < 1.29 is 14.3 Å². The smallest absolute Gasteiger partial charge is 0.243 e. The molecule has 1 rings (SSSR count). The quantitative estimate of drug-likeness (QED) is 0.550. The summed E-state index contributed by atoms with van der Waals surface area (Å²) in [5.41, 5.74) is 10.8. The third kappa shape index (κ3) is 5.01. The van der Waals surface area contributed by atoms with Crippen LogP contribution in [0.4, 0.5) is 0 Å². The number of nitrogens with two attached hydrogens (primary N) is 2. The molecule has 2 amide bonds. The molecule has 6 nitrogen and oxygen atoms in total. The molecule has 18 heavy (non-hydrogen) atoms. The van der Waals surface area contributed by atoms with Crippen molar-refractivity contribution in [1.82, 2.24) is 5.32 Å². The fourth-order valence-corrected chi connectivity index (χ4v) is 2.38. The summed E-state index contributed by atoms with van der Waals surface area (Å²) in [4.78, 5) is 22.3. The highest BCUT2D eigenvalue weighted by Gasteiger charge is 2.30. The lowest BCUT2D eigenvalue weighted by molar-refractivity contribution is -0.127. The number of primary amides is 1. The van der Waals surface area contributed by atoms with E-state index in [2.05, 4.69) is 12.2 Å². The van der Waals surface area contributed by atoms with Crippen molar-refractivity contribution in [3.63, 3.8) is 0 Å². The number of carbonyl (C=O) groups excluding carboxylic acids is 2. The Morgan fingerprint density at radius 1 is 1.39 bits per heavy atom. The number of hydrogen-bond acceptors (Lipinski definition) is 4. The van der Waals surface area contributed by atoms with E-state index in [0.717, 1.165) is 19.3 Å². The van der Waals surface area contributed by atoms with Crippen LogP contribution in [0.2, 0.25) is 0 Å². The van der Waals surface area contributed by atoms with Gasteiger partial charge in [-0.15, -0.1) is 0 Å². The Hall–Kier alpha value is -1.14. The van der Waals surface area contributed by atoms with Crippen LogP contribution < -0.4 is 16.8 Å². The fraction of sp³-hybridized carbons (Fsp3) is 0.833. The summed E-state index contributed by atoms with van der Waals surface area (Å²) >= 11 is 0. The molecule has 3 unspecified atom stereocenters. The van der Waals surface area contributed by atoms with E-state index in [1.165, 1.54) is 0 Å². The van der Waals surface area contributed by atoms with E-state index in [-0.39, 0.29) is 24.5 Å². The molecule has 0 bridgehead atoms. The molecule has 0 spiro atoms. The minimum atomic E-state index is -0.504. The molecule has 1 saturated carbocycles. The first-order chi connectivity index (χ1) is 8.50. The lowest BCUT2D eigenvalue weighted by Gasteiger charge is -2.31. The fourth-order valence-electron chi connectivity index (χ4n) is 2.38. The van der Waals surface area contributed by atoms with Crippen LogP contribution in [-0.4, -0.2) is 37.6 Å². The van der Waals surface area contributed by atoms with Crippen LogP contribution in [0.3, 0.4) is 0 Å². The van der Waals surface area contributed by atoms with Crippen molar-refractivity contribution in [2.45, 2.75) is 32.2 Å². The maximum atomic E-state index is 11.9. The van der Waals surface area contributed by atoms with Gasteiger partial charge in [-0.1, -0.05) is 6.92 Å². The van der Waals surface area contributed by atoms with Crippen molar-refractivity contribution in [2.24, 2.45) is 23.3 Å². The highest BCUT2D eigenvalue weighted by atomic mass is 16.5. The zero-order valence-corrected chi connectivity index (χ0v) is 10.9. The van der Waals surface area contributed by atoms with Gasteiger partial charge < -0.3 is 21.5 Å². The summed E-state index contributed by atoms with van der Waals surface area (Å²) in [5.74, 6) is -0.0884. The van der Waals surface area contributed by atoms with Crippen LogP contribution in [0.1, 0.15) is 26.2 Å². The van der Waals surface area contributed by atoms with Crippen molar-refractivity contribution in [3.05, 3.63) is 0 Å². The monoisotopic (exact) mass is 257 g/mol. The Labute approximate surface area is 107 Å². The van der Waals surface area contributed by atoms with Crippen molar-refractivity contribution >= 4 is 11.8 Å². The summed E-state index contributed by atoms with van der Waals surface area (Å²) < 4.78 is 4.97. The first-order valence-corrected chi connectivity index (χ1v) is 6.40. The molecule has 0 heterocycles. The van der Waals surface area contributed by atoms with Gasteiger partial charge in [-0.3, -0.25) is 9.59 Å². The van der Waals surface area contributed by atoms with Gasteiger partial charge in [0, 0.05) is 18.5 Å². The molecule has 0 aromatic heterocycles. The van der Waals surface area contributed by atoms with Crippen LogP contribution in [0, 0.1) is 11.8 Å². The zero-order valence-electron chi connectivity index (χ0n) is 10.9. The lowest BCUT2D eigenvalue weighted by atomic mass is 9.78. The predicted octanol–water partition coefficient (Wildman–Crippen LogP) is -0.632. The number of carbonyl (C=O) groups is 2. The third-order valence-corrected chi connectivity index (χ3v) is 3.34. The van der Waals surface area contributed by atoms with E-state index in [9.17, 15) is 9.59 Å². The second-order valence-electron chi connectivity index (χ2n) is 4.97. The van der Waals surface area contributed by atoms with Gasteiger partial charge in [0.25, 0.3) is 0 Å². The number of amides is 2. The first kappa shape index (κ1) is 14.9. The lowest BCUT2D eigenvalue weighted by Crippen LogP contribution is -2.41. The van der Waals surface area contributed by atoms with Crippen LogP contribution in [0.25, 0.3) is 0 Å². The molecular weight excluding hydrogens is 234 g/mol. The highest BCUT2D eigenvalue weighted by Crippen LogP contribution is 2.28. The maximum absolute atomic E-state index is 11.9. The van der Waals surface area contributed by atoms with Gasteiger partial charge in [0.2, 0.25) is 11.8 Å². The summed E-state index contributed by atoms with van der Waals surface area (Å²) in [6, 6.07) is 0.225. The van der Waals surface area contributed by atoms with Crippen LogP contribution in [-0.2, 0) is 14.3 Å². The summed E-state index contributed by atoms with van der Waals surface area (Å²) in [6.45, 7) is 2.66. The highest BCUT2D eigenvalue weighted by molar-refractivity contribution is 5.79. The van der Waals surface area contributed by atoms with E-state index < -0.39 is 5.91 Å². The molecule has 0 radical (unpaired) electrons. The average Bonchev–Trinajstić information content (AvgIpc) is 2.27. The molecule has 5 N–H and O–H groups in total. The van der Waals surface area contributed by atoms with Gasteiger partial charge in [0.05, 0.1) is 6.61 Å². The average molecular weight is 257 g/mol. The summed E-state index contributed by atoms with van der Waals surface area (Å²) in [5, 5.41) is 2.81. The van der Waals surface area contributed by atoms with Crippen LogP contribution in [0.15, 0.2) is 0 Å². The normalized spacial score (nSPS) is 27.8. The molecule has 0 aliphatic heterocycles. The molecule has 3 atom stereocenters. The van der Waals surface area contributed by atoms with E-state index in [1.54, 1.807) is 0 Å².